The van der Waals surface area contributed by atoms with Crippen molar-refractivity contribution in [2.45, 2.75) is 19.9 Å². The van der Waals surface area contributed by atoms with Crippen LogP contribution in [0.2, 0.25) is 5.02 Å². The number of nitrogens with one attached hydrogen (secondary N) is 1. The van der Waals surface area contributed by atoms with E-state index < -0.39 is 0 Å². The molecule has 6 nitrogen and oxygen atoms in total. The summed E-state index contributed by atoms with van der Waals surface area (Å²) in [5, 5.41) is 14.2. The first-order valence-corrected chi connectivity index (χ1v) is 10.2. The minimum atomic E-state index is -0.196. The third kappa shape index (κ3) is 3.98. The Bertz CT molecular complexity index is 1030. The Morgan fingerprint density at radius 2 is 1.55 bits per heavy atom. The summed E-state index contributed by atoms with van der Waals surface area (Å²) < 4.78 is 0. The van der Waals surface area contributed by atoms with Crippen molar-refractivity contribution in [1.29, 1.82) is 0 Å². The molecule has 7 heteroatoms. The van der Waals surface area contributed by atoms with Gasteiger partial charge in [0.25, 0.3) is 5.91 Å². The third-order valence-electron chi connectivity index (χ3n) is 5.08. The van der Waals surface area contributed by atoms with Gasteiger partial charge in [0.2, 0.25) is 0 Å². The van der Waals surface area contributed by atoms with Gasteiger partial charge in [-0.25, -0.2) is 0 Å². The van der Waals surface area contributed by atoms with E-state index in [0.717, 1.165) is 53.5 Å². The first-order chi connectivity index (χ1) is 14.0. The van der Waals surface area contributed by atoms with E-state index in [1.807, 2.05) is 56.3 Å². The predicted octanol–water partition coefficient (Wildman–Crippen LogP) is 3.75. The zero-order valence-corrected chi connectivity index (χ0v) is 17.4. The maximum absolute atomic E-state index is 12.5. The Morgan fingerprint density at radius 1 is 0.931 bits per heavy atom. The van der Waals surface area contributed by atoms with Crippen molar-refractivity contribution in [2.75, 3.05) is 36.0 Å². The van der Waals surface area contributed by atoms with Crippen molar-refractivity contribution < 1.29 is 4.79 Å². The Morgan fingerprint density at radius 3 is 2.24 bits per heavy atom. The standard InChI is InChI=1S/C22H24ClN5O/c1-15(2)24-22(29)20-16-7-3-4-8-17(16)21(26-25-20)28-13-11-27(12-14-28)19-10-6-5-9-18(19)23/h3-10,15H,11-14H2,1-2H3,(H,24,29). The molecule has 0 aliphatic carbocycles. The van der Waals surface area contributed by atoms with Gasteiger partial charge in [-0.3, -0.25) is 4.79 Å². The molecular formula is C22H24ClN5O. The van der Waals surface area contributed by atoms with Crippen LogP contribution in [0.15, 0.2) is 48.5 Å². The summed E-state index contributed by atoms with van der Waals surface area (Å²) in [5.41, 5.74) is 1.43. The van der Waals surface area contributed by atoms with Gasteiger partial charge in [0, 0.05) is 43.0 Å². The Hall–Kier alpha value is -2.86. The van der Waals surface area contributed by atoms with Crippen molar-refractivity contribution >= 4 is 39.8 Å². The van der Waals surface area contributed by atoms with Gasteiger partial charge < -0.3 is 15.1 Å². The lowest BCUT2D eigenvalue weighted by Gasteiger charge is -2.37. The Labute approximate surface area is 175 Å². The SMILES string of the molecule is CC(C)NC(=O)c1nnc(N2CCN(c3ccccc3Cl)CC2)c2ccccc12. The van der Waals surface area contributed by atoms with Gasteiger partial charge in [-0.2, -0.15) is 0 Å². The first-order valence-electron chi connectivity index (χ1n) is 9.85. The molecule has 0 saturated carbocycles. The fourth-order valence-corrected chi connectivity index (χ4v) is 3.94. The number of halogens is 1. The number of amides is 1. The number of fused-ring (bicyclic) bond motifs is 1. The minimum absolute atomic E-state index is 0.0422. The maximum atomic E-state index is 12.5. The molecule has 1 aromatic heterocycles. The number of hydrogen-bond acceptors (Lipinski definition) is 5. The van der Waals surface area contributed by atoms with E-state index in [2.05, 4.69) is 31.4 Å². The predicted molar refractivity (Wildman–Crippen MR) is 118 cm³/mol. The van der Waals surface area contributed by atoms with Crippen molar-refractivity contribution in [3.63, 3.8) is 0 Å². The maximum Gasteiger partial charge on any atom is 0.272 e. The lowest BCUT2D eigenvalue weighted by molar-refractivity contribution is 0.0939. The average Bonchev–Trinajstić information content (AvgIpc) is 2.73. The number of aromatic nitrogens is 2. The normalized spacial score (nSPS) is 14.5. The molecule has 1 fully saturated rings. The van der Waals surface area contributed by atoms with Crippen LogP contribution in [0.25, 0.3) is 10.8 Å². The number of anilines is 2. The molecule has 1 saturated heterocycles. The van der Waals surface area contributed by atoms with E-state index in [0.29, 0.717) is 5.69 Å². The summed E-state index contributed by atoms with van der Waals surface area (Å²) in [6, 6.07) is 15.8. The lowest BCUT2D eigenvalue weighted by Crippen LogP contribution is -2.47. The molecule has 1 N–H and O–H groups in total. The molecule has 1 aliphatic rings. The Kier molecular flexibility index (Phi) is 5.53. The second-order valence-corrected chi connectivity index (χ2v) is 7.88. The number of nitrogens with zero attached hydrogens (tertiary/aromatic N) is 4. The lowest BCUT2D eigenvalue weighted by atomic mass is 10.1. The highest BCUT2D eigenvalue weighted by atomic mass is 35.5. The zero-order valence-electron chi connectivity index (χ0n) is 16.6. The molecule has 2 aromatic carbocycles. The van der Waals surface area contributed by atoms with E-state index in [9.17, 15) is 4.79 Å². The highest BCUT2D eigenvalue weighted by Crippen LogP contribution is 2.29. The smallest absolute Gasteiger partial charge is 0.272 e. The molecule has 0 radical (unpaired) electrons. The van der Waals surface area contributed by atoms with Gasteiger partial charge in [0.1, 0.15) is 0 Å². The van der Waals surface area contributed by atoms with E-state index in [-0.39, 0.29) is 11.9 Å². The van der Waals surface area contributed by atoms with Crippen molar-refractivity contribution in [2.24, 2.45) is 0 Å². The molecule has 29 heavy (non-hydrogen) atoms. The van der Waals surface area contributed by atoms with Gasteiger partial charge in [0.15, 0.2) is 11.5 Å². The van der Waals surface area contributed by atoms with Crippen LogP contribution in [-0.4, -0.2) is 48.3 Å². The number of rotatable bonds is 4. The van der Waals surface area contributed by atoms with Crippen molar-refractivity contribution in [1.82, 2.24) is 15.5 Å². The average molecular weight is 410 g/mol. The molecule has 1 amide bonds. The number of benzene rings is 2. The number of carbonyl (C=O) groups is 1. The van der Waals surface area contributed by atoms with Crippen molar-refractivity contribution in [3.8, 4) is 0 Å². The van der Waals surface area contributed by atoms with E-state index in [1.54, 1.807) is 0 Å². The van der Waals surface area contributed by atoms with Crippen LogP contribution in [0.3, 0.4) is 0 Å². The molecule has 150 valence electrons. The summed E-state index contributed by atoms with van der Waals surface area (Å²) in [6.45, 7) is 7.16. The largest absolute Gasteiger partial charge is 0.367 e. The van der Waals surface area contributed by atoms with Gasteiger partial charge in [0.05, 0.1) is 10.7 Å². The summed E-state index contributed by atoms with van der Waals surface area (Å²) in [6.07, 6.45) is 0. The third-order valence-corrected chi connectivity index (χ3v) is 5.39. The van der Waals surface area contributed by atoms with Crippen LogP contribution in [0.5, 0.6) is 0 Å². The highest BCUT2D eigenvalue weighted by Gasteiger charge is 2.23. The number of hydrogen-bond donors (Lipinski definition) is 1. The Balaban J connectivity index is 1.59. The first kappa shape index (κ1) is 19.5. The topological polar surface area (TPSA) is 61.4 Å². The van der Waals surface area contributed by atoms with Crippen LogP contribution >= 0.6 is 11.6 Å². The van der Waals surface area contributed by atoms with Gasteiger partial charge in [-0.05, 0) is 26.0 Å². The van der Waals surface area contributed by atoms with E-state index in [1.165, 1.54) is 0 Å². The molecule has 0 bridgehead atoms. The highest BCUT2D eigenvalue weighted by molar-refractivity contribution is 6.33. The molecule has 1 aliphatic heterocycles. The van der Waals surface area contributed by atoms with Crippen LogP contribution in [0.1, 0.15) is 24.3 Å². The molecule has 3 aromatic rings. The quantitative estimate of drug-likeness (QED) is 0.711. The number of para-hydroxylation sites is 1. The van der Waals surface area contributed by atoms with Gasteiger partial charge >= 0.3 is 0 Å². The molecule has 2 heterocycles. The van der Waals surface area contributed by atoms with Crippen LogP contribution < -0.4 is 15.1 Å². The second kappa shape index (κ2) is 8.25. The summed E-state index contributed by atoms with van der Waals surface area (Å²) in [4.78, 5) is 17.1. The number of piperazine rings is 1. The van der Waals surface area contributed by atoms with Crippen LogP contribution in [0.4, 0.5) is 11.5 Å². The fraction of sp³-hybridized carbons (Fsp3) is 0.318. The van der Waals surface area contributed by atoms with Crippen LogP contribution in [-0.2, 0) is 0 Å². The van der Waals surface area contributed by atoms with E-state index >= 15 is 0 Å². The summed E-state index contributed by atoms with van der Waals surface area (Å²) >= 11 is 6.36. The minimum Gasteiger partial charge on any atom is -0.367 e. The molecular weight excluding hydrogens is 386 g/mol. The summed E-state index contributed by atoms with van der Waals surface area (Å²) in [5.74, 6) is 0.624. The second-order valence-electron chi connectivity index (χ2n) is 7.47. The number of carbonyl (C=O) groups excluding carboxylic acids is 1. The van der Waals surface area contributed by atoms with Crippen molar-refractivity contribution in [3.05, 3.63) is 59.2 Å². The molecule has 0 unspecified atom stereocenters. The molecule has 0 atom stereocenters. The zero-order chi connectivity index (χ0) is 20.4. The molecule has 4 rings (SSSR count). The van der Waals surface area contributed by atoms with Gasteiger partial charge in [-0.15, -0.1) is 10.2 Å². The fourth-order valence-electron chi connectivity index (χ4n) is 3.69. The van der Waals surface area contributed by atoms with Crippen LogP contribution in [0, 0.1) is 0 Å². The van der Waals surface area contributed by atoms with Gasteiger partial charge in [-0.1, -0.05) is 48.0 Å². The van der Waals surface area contributed by atoms with E-state index in [4.69, 9.17) is 11.6 Å². The summed E-state index contributed by atoms with van der Waals surface area (Å²) in [7, 11) is 0. The molecule has 0 spiro atoms. The monoisotopic (exact) mass is 409 g/mol.